The molecule has 0 aliphatic heterocycles. The van der Waals surface area contributed by atoms with Crippen molar-refractivity contribution in [1.29, 1.82) is 0 Å². The molecular weight excluding hydrogens is 320 g/mol. The lowest BCUT2D eigenvalue weighted by Gasteiger charge is -2.36. The largest absolute Gasteiger partial charge is 0.541 e. The van der Waals surface area contributed by atoms with E-state index in [1.165, 1.54) is 0 Å². The summed E-state index contributed by atoms with van der Waals surface area (Å²) >= 11 is 0. The zero-order valence-corrected chi connectivity index (χ0v) is 17.1. The Morgan fingerprint density at radius 1 is 1.21 bits per heavy atom. The number of methoxy groups -OCH3 is 1. The van der Waals surface area contributed by atoms with Crippen molar-refractivity contribution < 1.29 is 18.7 Å². The van der Waals surface area contributed by atoms with Crippen LogP contribution in [0.1, 0.15) is 40.2 Å². The van der Waals surface area contributed by atoms with Crippen LogP contribution in [0.2, 0.25) is 18.1 Å². The molecule has 0 unspecified atom stereocenters. The van der Waals surface area contributed by atoms with Crippen molar-refractivity contribution in [2.45, 2.75) is 52.8 Å². The molecule has 0 heterocycles. The molecule has 5 heteroatoms. The van der Waals surface area contributed by atoms with Gasteiger partial charge in [0.1, 0.15) is 5.75 Å². The monoisotopic (exact) mass is 350 g/mol. The van der Waals surface area contributed by atoms with Gasteiger partial charge in [-0.1, -0.05) is 26.8 Å². The molecule has 0 aliphatic rings. The summed E-state index contributed by atoms with van der Waals surface area (Å²) in [7, 11) is -0.316. The first-order valence-electron chi connectivity index (χ1n) is 8.24. The molecule has 134 valence electrons. The first-order chi connectivity index (χ1) is 11.0. The average Bonchev–Trinajstić information content (AvgIpc) is 2.47. The molecule has 1 aromatic carbocycles. The highest BCUT2D eigenvalue weighted by Crippen LogP contribution is 2.40. The molecule has 0 aliphatic carbocycles. The second-order valence-electron chi connectivity index (χ2n) is 7.32. The normalized spacial score (nSPS) is 12.8. The van der Waals surface area contributed by atoms with E-state index in [0.29, 0.717) is 17.9 Å². The summed E-state index contributed by atoms with van der Waals surface area (Å²) in [4.78, 5) is 11.7. The van der Waals surface area contributed by atoms with Gasteiger partial charge in [0, 0.05) is 5.57 Å². The number of rotatable bonds is 6. The van der Waals surface area contributed by atoms with Gasteiger partial charge in [0.05, 0.1) is 13.7 Å². The summed E-state index contributed by atoms with van der Waals surface area (Å²) in [6.45, 7) is 14.9. The maximum absolute atomic E-state index is 11.7. The molecule has 0 saturated carbocycles. The molecule has 0 N–H and O–H groups in total. The van der Waals surface area contributed by atoms with E-state index in [0.717, 1.165) is 11.3 Å². The maximum atomic E-state index is 11.7. The molecule has 1 aromatic rings. The quantitative estimate of drug-likeness (QED) is 0.409. The fourth-order valence-corrected chi connectivity index (χ4v) is 2.86. The Morgan fingerprint density at radius 2 is 1.83 bits per heavy atom. The lowest BCUT2D eigenvalue weighted by molar-refractivity contribution is -0.138. The van der Waals surface area contributed by atoms with Crippen molar-refractivity contribution in [2.24, 2.45) is 0 Å². The van der Waals surface area contributed by atoms with Gasteiger partial charge in [-0.05, 0) is 55.8 Å². The fourth-order valence-electron chi connectivity index (χ4n) is 1.84. The first-order valence-corrected chi connectivity index (χ1v) is 11.1. The molecule has 0 amide bonds. The van der Waals surface area contributed by atoms with Crippen molar-refractivity contribution in [3.63, 3.8) is 0 Å². The van der Waals surface area contributed by atoms with E-state index in [1.807, 2.05) is 18.2 Å². The minimum atomic E-state index is -1.94. The van der Waals surface area contributed by atoms with Crippen LogP contribution in [0.25, 0.3) is 6.08 Å². The second-order valence-corrected chi connectivity index (χ2v) is 12.0. The number of ether oxygens (including phenoxy) is 2. The highest BCUT2D eigenvalue weighted by molar-refractivity contribution is 6.74. The van der Waals surface area contributed by atoms with Gasteiger partial charge < -0.3 is 13.9 Å². The van der Waals surface area contributed by atoms with Crippen molar-refractivity contribution in [3.8, 4) is 11.5 Å². The van der Waals surface area contributed by atoms with Gasteiger partial charge in [-0.2, -0.15) is 0 Å². The van der Waals surface area contributed by atoms with Gasteiger partial charge in [-0.25, -0.2) is 4.79 Å². The molecule has 0 bridgehead atoms. The minimum absolute atomic E-state index is 0.108. The van der Waals surface area contributed by atoms with Gasteiger partial charge in [-0.15, -0.1) is 0 Å². The molecule has 24 heavy (non-hydrogen) atoms. The number of carbonyl (C=O) groups excluding carboxylic acids is 1. The van der Waals surface area contributed by atoms with E-state index in [-0.39, 0.29) is 11.0 Å². The van der Waals surface area contributed by atoms with Gasteiger partial charge in [0.2, 0.25) is 0 Å². The first kappa shape index (κ1) is 20.3. The van der Waals surface area contributed by atoms with Crippen LogP contribution >= 0.6 is 0 Å². The average molecular weight is 351 g/mol. The Labute approximate surface area is 146 Å². The number of benzene rings is 1. The summed E-state index contributed by atoms with van der Waals surface area (Å²) in [6.07, 6.45) is 1.79. The van der Waals surface area contributed by atoms with E-state index in [4.69, 9.17) is 13.9 Å². The molecule has 1 rings (SSSR count). The summed E-state index contributed by atoms with van der Waals surface area (Å²) in [5, 5.41) is 0.108. The summed E-state index contributed by atoms with van der Waals surface area (Å²) in [5.74, 6) is 1.11. The van der Waals surface area contributed by atoms with Crippen LogP contribution in [0, 0.1) is 0 Å². The second kappa shape index (κ2) is 7.88. The Balaban J connectivity index is 3.10. The van der Waals surface area contributed by atoms with Crippen LogP contribution in [0.5, 0.6) is 11.5 Å². The van der Waals surface area contributed by atoms with Crippen molar-refractivity contribution in [3.05, 3.63) is 29.3 Å². The number of esters is 1. The smallest absolute Gasteiger partial charge is 0.333 e. The molecule has 0 radical (unpaired) electrons. The highest BCUT2D eigenvalue weighted by Gasteiger charge is 2.39. The zero-order chi connectivity index (χ0) is 18.5. The number of hydrogen-bond donors (Lipinski definition) is 0. The van der Waals surface area contributed by atoms with Crippen molar-refractivity contribution in [1.82, 2.24) is 0 Å². The Morgan fingerprint density at radius 3 is 2.33 bits per heavy atom. The standard InChI is InChI=1S/C19H30O4Si/c1-9-22-18(20)14(2)12-15-10-11-16(17(13-15)21-6)23-24(7,8)19(3,4)5/h10-13H,9H2,1-8H3/b14-12+. The Bertz CT molecular complexity index is 612. The highest BCUT2D eigenvalue weighted by atomic mass is 28.4. The molecule has 0 aromatic heterocycles. The van der Waals surface area contributed by atoms with E-state index < -0.39 is 8.32 Å². The summed E-state index contributed by atoms with van der Waals surface area (Å²) in [6, 6.07) is 5.71. The molecule has 0 saturated heterocycles. The van der Waals surface area contributed by atoms with Crippen LogP contribution in [-0.4, -0.2) is 28.0 Å². The van der Waals surface area contributed by atoms with Gasteiger partial charge in [0.25, 0.3) is 8.32 Å². The van der Waals surface area contributed by atoms with Gasteiger partial charge >= 0.3 is 5.97 Å². The molecular formula is C19H30O4Si. The lowest BCUT2D eigenvalue weighted by atomic mass is 10.1. The van der Waals surface area contributed by atoms with Crippen molar-refractivity contribution in [2.75, 3.05) is 13.7 Å². The lowest BCUT2D eigenvalue weighted by Crippen LogP contribution is -2.43. The topological polar surface area (TPSA) is 44.8 Å². The molecule has 0 spiro atoms. The van der Waals surface area contributed by atoms with Crippen LogP contribution < -0.4 is 9.16 Å². The van der Waals surface area contributed by atoms with Crippen LogP contribution in [0.15, 0.2) is 23.8 Å². The van der Waals surface area contributed by atoms with E-state index in [1.54, 1.807) is 27.0 Å². The molecule has 0 fully saturated rings. The van der Waals surface area contributed by atoms with Crippen molar-refractivity contribution >= 4 is 20.4 Å². The van der Waals surface area contributed by atoms with Crippen LogP contribution in [0.4, 0.5) is 0 Å². The summed E-state index contributed by atoms with van der Waals surface area (Å²) in [5.41, 5.74) is 1.43. The number of carbonyl (C=O) groups is 1. The van der Waals surface area contributed by atoms with E-state index >= 15 is 0 Å². The Kier molecular flexibility index (Phi) is 6.66. The van der Waals surface area contributed by atoms with Gasteiger partial charge in [-0.3, -0.25) is 0 Å². The summed E-state index contributed by atoms with van der Waals surface area (Å²) < 4.78 is 16.8. The third kappa shape index (κ3) is 5.13. The predicted octanol–water partition coefficient (Wildman–Crippen LogP) is 5.05. The van der Waals surface area contributed by atoms with E-state index in [9.17, 15) is 4.79 Å². The third-order valence-corrected chi connectivity index (χ3v) is 8.68. The minimum Gasteiger partial charge on any atom is -0.541 e. The third-order valence-electron chi connectivity index (χ3n) is 4.34. The Hall–Kier alpha value is -1.75. The zero-order valence-electron chi connectivity index (χ0n) is 16.1. The van der Waals surface area contributed by atoms with Crippen LogP contribution in [0.3, 0.4) is 0 Å². The molecule has 0 atom stereocenters. The number of hydrogen-bond acceptors (Lipinski definition) is 4. The predicted molar refractivity (Wildman–Crippen MR) is 101 cm³/mol. The van der Waals surface area contributed by atoms with E-state index in [2.05, 4.69) is 33.9 Å². The van der Waals surface area contributed by atoms with Gasteiger partial charge in [0.15, 0.2) is 5.75 Å². The van der Waals surface area contributed by atoms with Crippen LogP contribution in [-0.2, 0) is 9.53 Å². The SMILES string of the molecule is CCOC(=O)/C(C)=C/c1ccc(O[Si](C)(C)C(C)(C)C)c(OC)c1. The molecule has 4 nitrogen and oxygen atoms in total. The fraction of sp³-hybridized carbons (Fsp3) is 0.526. The maximum Gasteiger partial charge on any atom is 0.333 e.